The predicted molar refractivity (Wildman–Crippen MR) is 45.1 cm³/mol. The Bertz CT molecular complexity index is 278. The highest BCUT2D eigenvalue weighted by Crippen LogP contribution is 2.04. The minimum Gasteiger partial charge on any atom is -0.427 e. The maximum Gasteiger partial charge on any atom is 0.540 e. The van der Waals surface area contributed by atoms with E-state index in [4.69, 9.17) is 5.26 Å². The number of carbonyl (C=O) groups is 1. The molecule has 4 heteroatoms. The van der Waals surface area contributed by atoms with E-state index in [1.54, 1.807) is 0 Å². The molecule has 0 aliphatic rings. The van der Waals surface area contributed by atoms with Gasteiger partial charge < -0.3 is 4.74 Å². The summed E-state index contributed by atoms with van der Waals surface area (Å²) in [6.07, 6.45) is -1.10. The lowest BCUT2D eigenvalue weighted by molar-refractivity contribution is -0.201. The zero-order valence-electron chi connectivity index (χ0n) is 7.19. The van der Waals surface area contributed by atoms with Gasteiger partial charge in [0.25, 0.3) is 0 Å². The summed E-state index contributed by atoms with van der Waals surface area (Å²) in [6, 6.07) is 7.48. The van der Waals surface area contributed by atoms with Crippen LogP contribution in [0.1, 0.15) is 11.1 Å². The third kappa shape index (κ3) is 3.13. The number of carbonyl (C=O) groups excluding carboxylic acids is 1. The van der Waals surface area contributed by atoms with Gasteiger partial charge in [-0.25, -0.2) is 4.79 Å². The van der Waals surface area contributed by atoms with Crippen LogP contribution < -0.4 is 0 Å². The Morgan fingerprint density at radius 3 is 2.54 bits per heavy atom. The fraction of sp³-hybridized carbons (Fsp3) is 0.222. The molecular weight excluding hydrogens is 172 g/mol. The highest BCUT2D eigenvalue weighted by molar-refractivity contribution is 5.58. The van der Waals surface area contributed by atoms with Gasteiger partial charge in [-0.3, -0.25) is 4.89 Å². The van der Waals surface area contributed by atoms with Crippen LogP contribution >= 0.6 is 0 Å². The Morgan fingerprint density at radius 1 is 1.38 bits per heavy atom. The minimum atomic E-state index is -1.10. The van der Waals surface area contributed by atoms with Gasteiger partial charge in [0.2, 0.25) is 0 Å². The minimum absolute atomic E-state index is 0.0969. The molecule has 13 heavy (non-hydrogen) atoms. The van der Waals surface area contributed by atoms with Crippen molar-refractivity contribution in [2.24, 2.45) is 0 Å². The lowest BCUT2D eigenvalue weighted by Crippen LogP contribution is -2.04. The number of benzene rings is 1. The Hall–Kier alpha value is -1.55. The molecule has 0 aliphatic heterocycles. The Morgan fingerprint density at radius 2 is 2.00 bits per heavy atom. The summed E-state index contributed by atoms with van der Waals surface area (Å²) in [5.74, 6) is 0. The summed E-state index contributed by atoms with van der Waals surface area (Å²) in [5, 5.41) is 7.88. The van der Waals surface area contributed by atoms with Crippen molar-refractivity contribution in [2.45, 2.75) is 13.5 Å². The van der Waals surface area contributed by atoms with Crippen molar-refractivity contribution in [1.29, 1.82) is 0 Å². The fourth-order valence-corrected chi connectivity index (χ4v) is 0.853. The molecule has 70 valence electrons. The molecule has 1 N–H and O–H groups in total. The standard InChI is InChI=1S/C9H10O4/c1-7-2-4-8(5-3-7)6-12-9(10)13-11/h2-5,11H,6H2,1H3. The zero-order valence-corrected chi connectivity index (χ0v) is 7.19. The molecule has 1 aromatic rings. The Labute approximate surface area is 75.6 Å². The number of aryl methyl sites for hydroxylation is 1. The summed E-state index contributed by atoms with van der Waals surface area (Å²) in [5.41, 5.74) is 1.98. The Kier molecular flexibility index (Phi) is 3.28. The van der Waals surface area contributed by atoms with Crippen molar-refractivity contribution in [3.63, 3.8) is 0 Å². The van der Waals surface area contributed by atoms with Crippen molar-refractivity contribution in [1.82, 2.24) is 0 Å². The molecule has 0 unspecified atom stereocenters. The summed E-state index contributed by atoms with van der Waals surface area (Å²) in [6.45, 7) is 2.06. The molecular formula is C9H10O4. The van der Waals surface area contributed by atoms with Crippen LogP contribution in [0.25, 0.3) is 0 Å². The first-order chi connectivity index (χ1) is 6.22. The molecule has 4 nitrogen and oxygen atoms in total. The SMILES string of the molecule is Cc1ccc(COC(=O)OO)cc1. The van der Waals surface area contributed by atoms with Crippen LogP contribution in [0.4, 0.5) is 4.79 Å². The molecule has 0 bridgehead atoms. The summed E-state index contributed by atoms with van der Waals surface area (Å²) < 4.78 is 4.51. The van der Waals surface area contributed by atoms with Crippen LogP contribution in [0.15, 0.2) is 24.3 Å². The van der Waals surface area contributed by atoms with Crippen LogP contribution in [0.5, 0.6) is 0 Å². The van der Waals surface area contributed by atoms with Gasteiger partial charge >= 0.3 is 6.16 Å². The van der Waals surface area contributed by atoms with E-state index in [-0.39, 0.29) is 6.61 Å². The average Bonchev–Trinajstić information content (AvgIpc) is 2.16. The van der Waals surface area contributed by atoms with Crippen molar-refractivity contribution in [2.75, 3.05) is 0 Å². The second kappa shape index (κ2) is 4.47. The van der Waals surface area contributed by atoms with E-state index in [2.05, 4.69) is 9.62 Å². The lowest BCUT2D eigenvalue weighted by atomic mass is 10.2. The number of hydrogen-bond donors (Lipinski definition) is 1. The van der Waals surface area contributed by atoms with E-state index in [9.17, 15) is 4.79 Å². The first-order valence-corrected chi connectivity index (χ1v) is 3.76. The van der Waals surface area contributed by atoms with Gasteiger partial charge in [0.1, 0.15) is 6.61 Å². The molecule has 0 saturated carbocycles. The highest BCUT2D eigenvalue weighted by atomic mass is 17.1. The van der Waals surface area contributed by atoms with Gasteiger partial charge in [0.15, 0.2) is 0 Å². The van der Waals surface area contributed by atoms with Gasteiger partial charge in [-0.05, 0) is 12.5 Å². The van der Waals surface area contributed by atoms with E-state index in [1.807, 2.05) is 31.2 Å². The maximum absolute atomic E-state index is 10.4. The van der Waals surface area contributed by atoms with Crippen LogP contribution in [0, 0.1) is 6.92 Å². The van der Waals surface area contributed by atoms with Gasteiger partial charge in [-0.15, -0.1) is 0 Å². The van der Waals surface area contributed by atoms with Crippen molar-refractivity contribution < 1.29 is 19.7 Å². The van der Waals surface area contributed by atoms with Crippen molar-refractivity contribution >= 4 is 6.16 Å². The first-order valence-electron chi connectivity index (χ1n) is 3.76. The molecule has 1 aromatic carbocycles. The predicted octanol–water partition coefficient (Wildman–Crippen LogP) is 2.12. The van der Waals surface area contributed by atoms with Crippen LogP contribution in [-0.2, 0) is 16.2 Å². The smallest absolute Gasteiger partial charge is 0.427 e. The van der Waals surface area contributed by atoms with E-state index in [1.165, 1.54) is 0 Å². The van der Waals surface area contributed by atoms with Crippen LogP contribution in [-0.4, -0.2) is 11.4 Å². The number of rotatable bonds is 2. The van der Waals surface area contributed by atoms with Crippen LogP contribution in [0.2, 0.25) is 0 Å². The summed E-state index contributed by atoms with van der Waals surface area (Å²) in [4.78, 5) is 13.7. The first kappa shape index (κ1) is 9.54. The molecule has 0 radical (unpaired) electrons. The van der Waals surface area contributed by atoms with Gasteiger partial charge in [0.05, 0.1) is 0 Å². The molecule has 0 spiro atoms. The normalized spacial score (nSPS) is 9.38. The molecule has 0 fully saturated rings. The number of hydrogen-bond acceptors (Lipinski definition) is 4. The largest absolute Gasteiger partial charge is 0.540 e. The molecule has 0 saturated heterocycles. The van der Waals surface area contributed by atoms with Gasteiger partial charge in [-0.2, -0.15) is 5.26 Å². The lowest BCUT2D eigenvalue weighted by Gasteiger charge is -2.01. The van der Waals surface area contributed by atoms with Gasteiger partial charge in [0, 0.05) is 0 Å². The quantitative estimate of drug-likeness (QED) is 0.432. The summed E-state index contributed by atoms with van der Waals surface area (Å²) in [7, 11) is 0. The van der Waals surface area contributed by atoms with Gasteiger partial charge in [-0.1, -0.05) is 29.8 Å². The van der Waals surface area contributed by atoms with E-state index >= 15 is 0 Å². The number of ether oxygens (including phenoxy) is 1. The van der Waals surface area contributed by atoms with Crippen LogP contribution in [0.3, 0.4) is 0 Å². The molecule has 0 aromatic heterocycles. The highest BCUT2D eigenvalue weighted by Gasteiger charge is 2.01. The Balaban J connectivity index is 2.46. The zero-order chi connectivity index (χ0) is 9.68. The van der Waals surface area contributed by atoms with Crippen molar-refractivity contribution in [3.8, 4) is 0 Å². The maximum atomic E-state index is 10.4. The van der Waals surface area contributed by atoms with E-state index in [0.717, 1.165) is 11.1 Å². The molecule has 0 atom stereocenters. The summed E-state index contributed by atoms with van der Waals surface area (Å²) >= 11 is 0. The molecule has 0 amide bonds. The third-order valence-electron chi connectivity index (χ3n) is 1.55. The average molecular weight is 182 g/mol. The monoisotopic (exact) mass is 182 g/mol. The topological polar surface area (TPSA) is 55.8 Å². The molecule has 0 aliphatic carbocycles. The third-order valence-corrected chi connectivity index (χ3v) is 1.55. The molecule has 0 heterocycles. The van der Waals surface area contributed by atoms with Crippen molar-refractivity contribution in [3.05, 3.63) is 35.4 Å². The van der Waals surface area contributed by atoms with E-state index in [0.29, 0.717) is 0 Å². The second-order valence-corrected chi connectivity index (χ2v) is 2.62. The molecule has 1 rings (SSSR count). The second-order valence-electron chi connectivity index (χ2n) is 2.62. The fourth-order valence-electron chi connectivity index (χ4n) is 0.853. The van der Waals surface area contributed by atoms with E-state index < -0.39 is 6.16 Å².